The lowest BCUT2D eigenvalue weighted by atomic mass is 9.96. The van der Waals surface area contributed by atoms with Crippen LogP contribution in [0, 0.1) is 5.92 Å². The number of carboxylic acids is 1. The van der Waals surface area contributed by atoms with Crippen molar-refractivity contribution in [3.05, 3.63) is 0 Å². The maximum Gasteiger partial charge on any atom is 0.334 e. The lowest BCUT2D eigenvalue weighted by Gasteiger charge is -2.23. The van der Waals surface area contributed by atoms with E-state index in [0.717, 1.165) is 19.0 Å². The van der Waals surface area contributed by atoms with Crippen molar-refractivity contribution in [1.82, 2.24) is 4.90 Å². The molecule has 2 unspecified atom stereocenters. The fourth-order valence-electron chi connectivity index (χ4n) is 2.74. The predicted molar refractivity (Wildman–Crippen MR) is 71.7 cm³/mol. The molecule has 1 aliphatic rings. The van der Waals surface area contributed by atoms with Gasteiger partial charge in [-0.25, -0.2) is 4.79 Å². The van der Waals surface area contributed by atoms with E-state index in [1.165, 1.54) is 32.1 Å². The standard InChI is InChI=1S/C14H27NO3/c1-3-6-12-7-5-9-15(10-8-12)11-13(14(16)17)18-4-2/h12-13H,3-11H2,1-2H3,(H,16,17). The summed E-state index contributed by atoms with van der Waals surface area (Å²) in [4.78, 5) is 13.3. The van der Waals surface area contributed by atoms with E-state index in [2.05, 4.69) is 11.8 Å². The van der Waals surface area contributed by atoms with Gasteiger partial charge in [-0.3, -0.25) is 0 Å². The molecule has 106 valence electrons. The fourth-order valence-corrected chi connectivity index (χ4v) is 2.74. The number of rotatable bonds is 7. The van der Waals surface area contributed by atoms with E-state index >= 15 is 0 Å². The Kier molecular flexibility index (Phi) is 7.28. The topological polar surface area (TPSA) is 49.8 Å². The summed E-state index contributed by atoms with van der Waals surface area (Å²) in [7, 11) is 0. The number of carbonyl (C=O) groups is 1. The smallest absolute Gasteiger partial charge is 0.334 e. The summed E-state index contributed by atoms with van der Waals surface area (Å²) in [6, 6.07) is 0. The molecule has 1 fully saturated rings. The number of carboxylic acid groups (broad SMARTS) is 1. The molecule has 1 aliphatic heterocycles. The van der Waals surface area contributed by atoms with Gasteiger partial charge in [0.05, 0.1) is 0 Å². The first-order valence-corrected chi connectivity index (χ1v) is 7.24. The van der Waals surface area contributed by atoms with Crippen molar-refractivity contribution in [2.24, 2.45) is 5.92 Å². The van der Waals surface area contributed by atoms with Crippen molar-refractivity contribution >= 4 is 5.97 Å². The first-order chi connectivity index (χ1) is 8.67. The van der Waals surface area contributed by atoms with Crippen LogP contribution < -0.4 is 0 Å². The van der Waals surface area contributed by atoms with Gasteiger partial charge in [-0.15, -0.1) is 0 Å². The van der Waals surface area contributed by atoms with Crippen molar-refractivity contribution < 1.29 is 14.6 Å². The molecular weight excluding hydrogens is 230 g/mol. The Morgan fingerprint density at radius 2 is 2.17 bits per heavy atom. The van der Waals surface area contributed by atoms with Crippen LogP contribution in [-0.2, 0) is 9.53 Å². The summed E-state index contributed by atoms with van der Waals surface area (Å²) in [5.41, 5.74) is 0. The third-order valence-electron chi connectivity index (χ3n) is 3.70. The Bertz CT molecular complexity index is 245. The highest BCUT2D eigenvalue weighted by Gasteiger charge is 2.23. The van der Waals surface area contributed by atoms with E-state index in [-0.39, 0.29) is 0 Å². The summed E-state index contributed by atoms with van der Waals surface area (Å²) in [6.45, 7) is 7.09. The second-order valence-corrected chi connectivity index (χ2v) is 5.17. The van der Waals surface area contributed by atoms with E-state index in [1.54, 1.807) is 0 Å². The van der Waals surface area contributed by atoms with Crippen LogP contribution in [0.1, 0.15) is 46.0 Å². The number of nitrogens with zero attached hydrogens (tertiary/aromatic N) is 1. The zero-order valence-corrected chi connectivity index (χ0v) is 11.7. The third-order valence-corrected chi connectivity index (χ3v) is 3.70. The van der Waals surface area contributed by atoms with Gasteiger partial charge in [-0.05, 0) is 45.2 Å². The molecule has 4 nitrogen and oxygen atoms in total. The average molecular weight is 257 g/mol. The zero-order chi connectivity index (χ0) is 13.4. The summed E-state index contributed by atoms with van der Waals surface area (Å²) >= 11 is 0. The summed E-state index contributed by atoms with van der Waals surface area (Å²) in [5.74, 6) is -0.0124. The van der Waals surface area contributed by atoms with Crippen molar-refractivity contribution in [1.29, 1.82) is 0 Å². The van der Waals surface area contributed by atoms with Gasteiger partial charge in [-0.2, -0.15) is 0 Å². The molecule has 0 aliphatic carbocycles. The average Bonchev–Trinajstić information content (AvgIpc) is 2.55. The Hall–Kier alpha value is -0.610. The van der Waals surface area contributed by atoms with Crippen LogP contribution in [0.15, 0.2) is 0 Å². The Balaban J connectivity index is 2.39. The highest BCUT2D eigenvalue weighted by molar-refractivity contribution is 5.72. The van der Waals surface area contributed by atoms with Gasteiger partial charge >= 0.3 is 5.97 Å². The molecule has 0 aromatic rings. The van der Waals surface area contributed by atoms with E-state index in [0.29, 0.717) is 13.2 Å². The monoisotopic (exact) mass is 257 g/mol. The molecule has 4 heteroatoms. The van der Waals surface area contributed by atoms with Crippen molar-refractivity contribution in [3.8, 4) is 0 Å². The lowest BCUT2D eigenvalue weighted by molar-refractivity contribution is -0.151. The molecule has 1 N–H and O–H groups in total. The molecule has 0 bridgehead atoms. The largest absolute Gasteiger partial charge is 0.479 e. The second-order valence-electron chi connectivity index (χ2n) is 5.17. The van der Waals surface area contributed by atoms with Crippen molar-refractivity contribution in [3.63, 3.8) is 0 Å². The van der Waals surface area contributed by atoms with Crippen molar-refractivity contribution in [2.45, 2.75) is 52.1 Å². The van der Waals surface area contributed by atoms with Crippen LogP contribution in [0.3, 0.4) is 0 Å². The molecule has 0 spiro atoms. The maximum atomic E-state index is 11.1. The van der Waals surface area contributed by atoms with Crippen LogP contribution in [0.2, 0.25) is 0 Å². The van der Waals surface area contributed by atoms with Crippen molar-refractivity contribution in [2.75, 3.05) is 26.2 Å². The third kappa shape index (κ3) is 5.36. The first-order valence-electron chi connectivity index (χ1n) is 7.24. The quantitative estimate of drug-likeness (QED) is 0.760. The summed E-state index contributed by atoms with van der Waals surface area (Å²) in [5, 5.41) is 9.09. The van der Waals surface area contributed by atoms with E-state index < -0.39 is 12.1 Å². The minimum Gasteiger partial charge on any atom is -0.479 e. The Labute approximate surface area is 110 Å². The van der Waals surface area contributed by atoms with Gasteiger partial charge in [0, 0.05) is 13.2 Å². The number of ether oxygens (including phenoxy) is 1. The van der Waals surface area contributed by atoms with Crippen LogP contribution >= 0.6 is 0 Å². The Morgan fingerprint density at radius 3 is 2.78 bits per heavy atom. The van der Waals surface area contributed by atoms with Gasteiger partial charge in [0.25, 0.3) is 0 Å². The van der Waals surface area contributed by atoms with Gasteiger partial charge in [-0.1, -0.05) is 19.8 Å². The van der Waals surface area contributed by atoms with Gasteiger partial charge in [0.2, 0.25) is 0 Å². The SMILES string of the molecule is CCCC1CCCN(CC(OCC)C(=O)O)CC1. The van der Waals surface area contributed by atoms with Gasteiger partial charge in [0.1, 0.15) is 0 Å². The maximum absolute atomic E-state index is 11.1. The lowest BCUT2D eigenvalue weighted by Crippen LogP contribution is -2.39. The number of hydrogen-bond acceptors (Lipinski definition) is 3. The number of likely N-dealkylation sites (tertiary alicyclic amines) is 1. The highest BCUT2D eigenvalue weighted by atomic mass is 16.5. The molecule has 2 atom stereocenters. The van der Waals surface area contributed by atoms with E-state index in [1.807, 2.05) is 6.92 Å². The highest BCUT2D eigenvalue weighted by Crippen LogP contribution is 2.22. The van der Waals surface area contributed by atoms with Gasteiger partial charge < -0.3 is 14.7 Å². The van der Waals surface area contributed by atoms with E-state index in [9.17, 15) is 4.79 Å². The molecule has 18 heavy (non-hydrogen) atoms. The van der Waals surface area contributed by atoms with Crippen LogP contribution in [0.4, 0.5) is 0 Å². The summed E-state index contributed by atoms with van der Waals surface area (Å²) in [6.07, 6.45) is 5.56. The molecule has 0 amide bonds. The molecule has 1 heterocycles. The number of aliphatic carboxylic acids is 1. The summed E-state index contributed by atoms with van der Waals surface area (Å²) < 4.78 is 5.28. The van der Waals surface area contributed by atoms with Crippen LogP contribution in [0.25, 0.3) is 0 Å². The molecule has 0 radical (unpaired) electrons. The minimum absolute atomic E-state index is 0.462. The van der Waals surface area contributed by atoms with Gasteiger partial charge in [0.15, 0.2) is 6.10 Å². The van der Waals surface area contributed by atoms with E-state index in [4.69, 9.17) is 9.84 Å². The predicted octanol–water partition coefficient (Wildman–Crippen LogP) is 2.38. The normalized spacial score (nSPS) is 23.6. The molecule has 0 aromatic carbocycles. The molecule has 1 saturated heterocycles. The van der Waals surface area contributed by atoms with Crippen LogP contribution in [0.5, 0.6) is 0 Å². The second kappa shape index (κ2) is 8.48. The molecular formula is C14H27NO3. The first kappa shape index (κ1) is 15.4. The molecule has 0 saturated carbocycles. The zero-order valence-electron chi connectivity index (χ0n) is 11.7. The Morgan fingerprint density at radius 1 is 1.39 bits per heavy atom. The fraction of sp³-hybridized carbons (Fsp3) is 0.929. The molecule has 0 aromatic heterocycles. The minimum atomic E-state index is -0.841. The number of hydrogen-bond donors (Lipinski definition) is 1. The van der Waals surface area contributed by atoms with Crippen LogP contribution in [-0.4, -0.2) is 48.3 Å². The molecule has 1 rings (SSSR count).